The first kappa shape index (κ1) is 17.7. The van der Waals surface area contributed by atoms with Gasteiger partial charge in [-0.2, -0.15) is 13.2 Å². The molecule has 1 saturated carbocycles. The number of rotatable bonds is 3. The van der Waals surface area contributed by atoms with Gasteiger partial charge < -0.3 is 16.2 Å². The second kappa shape index (κ2) is 6.58. The number of nitrogens with two attached hydrogens (primary N) is 1. The van der Waals surface area contributed by atoms with Gasteiger partial charge in [0, 0.05) is 12.0 Å². The van der Waals surface area contributed by atoms with Crippen molar-refractivity contribution in [3.05, 3.63) is 11.6 Å². The number of halogens is 4. The Kier molecular flexibility index (Phi) is 5.54. The minimum absolute atomic E-state index is 0. The topological polar surface area (TPSA) is 117 Å². The molecule has 0 unspecified atom stereocenters. The molecular weight excluding hydrogens is 315 g/mol. The number of carbonyl (C=O) groups is 1. The van der Waals surface area contributed by atoms with Crippen LogP contribution in [0.3, 0.4) is 0 Å². The van der Waals surface area contributed by atoms with Gasteiger partial charge in [-0.15, -0.1) is 17.5 Å². The maximum absolute atomic E-state index is 12.3. The monoisotopic (exact) mass is 329 g/mol. The number of carbonyl (C=O) groups excluding carboxylic acids is 1. The third kappa shape index (κ3) is 4.29. The highest BCUT2D eigenvalue weighted by Crippen LogP contribution is 2.26. The van der Waals surface area contributed by atoms with Crippen molar-refractivity contribution in [3.63, 3.8) is 0 Å². The summed E-state index contributed by atoms with van der Waals surface area (Å²) in [5.74, 6) is -2.18. The number of H-pyrrole nitrogens is 1. The summed E-state index contributed by atoms with van der Waals surface area (Å²) >= 11 is 0. The number of nitrogens with one attached hydrogen (secondary N) is 2. The van der Waals surface area contributed by atoms with E-state index in [-0.39, 0.29) is 37.1 Å². The molecule has 1 fully saturated rings. The van der Waals surface area contributed by atoms with Crippen molar-refractivity contribution < 1.29 is 23.1 Å². The van der Waals surface area contributed by atoms with Crippen molar-refractivity contribution in [3.8, 4) is 0 Å². The minimum Gasteiger partial charge on any atom is -0.391 e. The number of nitrogens with zero attached hydrogens (tertiary/aromatic N) is 2. The largest absolute Gasteiger partial charge is 0.453 e. The Hall–Kier alpha value is -1.39. The fourth-order valence-electron chi connectivity index (χ4n) is 2.08. The molecule has 5 N–H and O–H groups in total. The third-order valence-electron chi connectivity index (χ3n) is 3.16. The Bertz CT molecular complexity index is 485. The maximum atomic E-state index is 12.3. The van der Waals surface area contributed by atoms with Gasteiger partial charge in [-0.1, -0.05) is 0 Å². The molecule has 2 rings (SSSR count). The molecule has 3 atom stereocenters. The molecule has 21 heavy (non-hydrogen) atoms. The SMILES string of the molecule is Cl.N[C@H]1C[C@H](C(=O)NCc2nc(C(F)(F)F)n[nH]2)C[C@@H]1O. The van der Waals surface area contributed by atoms with Gasteiger partial charge in [0.15, 0.2) is 0 Å². The zero-order valence-electron chi connectivity index (χ0n) is 10.7. The molecule has 11 heteroatoms. The number of hydrogen-bond donors (Lipinski definition) is 4. The highest BCUT2D eigenvalue weighted by atomic mass is 35.5. The molecule has 1 amide bonds. The summed E-state index contributed by atoms with van der Waals surface area (Å²) in [7, 11) is 0. The number of aliphatic hydroxyl groups excluding tert-OH is 1. The first-order chi connectivity index (χ1) is 9.27. The van der Waals surface area contributed by atoms with Gasteiger partial charge in [-0.25, -0.2) is 4.98 Å². The summed E-state index contributed by atoms with van der Waals surface area (Å²) in [5.41, 5.74) is 5.58. The van der Waals surface area contributed by atoms with Gasteiger partial charge in [0.2, 0.25) is 5.91 Å². The van der Waals surface area contributed by atoms with Crippen LogP contribution in [0.1, 0.15) is 24.5 Å². The molecule has 1 aliphatic carbocycles. The van der Waals surface area contributed by atoms with E-state index < -0.39 is 30.1 Å². The van der Waals surface area contributed by atoms with Gasteiger partial charge in [-0.3, -0.25) is 9.89 Å². The molecule has 0 aliphatic heterocycles. The molecule has 0 spiro atoms. The van der Waals surface area contributed by atoms with Gasteiger partial charge in [-0.05, 0) is 12.8 Å². The van der Waals surface area contributed by atoms with Crippen molar-refractivity contribution in [2.24, 2.45) is 11.7 Å². The smallest absolute Gasteiger partial charge is 0.391 e. The van der Waals surface area contributed by atoms with Crippen LogP contribution in [0.5, 0.6) is 0 Å². The number of alkyl halides is 3. The van der Waals surface area contributed by atoms with E-state index in [1.165, 1.54) is 0 Å². The number of aromatic amines is 1. The van der Waals surface area contributed by atoms with Crippen LogP contribution in [0.2, 0.25) is 0 Å². The zero-order chi connectivity index (χ0) is 14.9. The van der Waals surface area contributed by atoms with Crippen LogP contribution in [0.4, 0.5) is 13.2 Å². The summed E-state index contributed by atoms with van der Waals surface area (Å²) in [4.78, 5) is 15.0. The average molecular weight is 330 g/mol. The Morgan fingerprint density at radius 3 is 2.62 bits per heavy atom. The van der Waals surface area contributed by atoms with Crippen LogP contribution < -0.4 is 11.1 Å². The Balaban J connectivity index is 0.00000220. The molecule has 0 radical (unpaired) electrons. The number of hydrogen-bond acceptors (Lipinski definition) is 5. The van der Waals surface area contributed by atoms with E-state index in [4.69, 9.17) is 5.73 Å². The predicted octanol–water partition coefficient (Wildman–Crippen LogP) is -0.0403. The van der Waals surface area contributed by atoms with Crippen molar-refractivity contribution in [2.75, 3.05) is 0 Å². The van der Waals surface area contributed by atoms with E-state index in [1.54, 1.807) is 0 Å². The van der Waals surface area contributed by atoms with Crippen LogP contribution in [-0.4, -0.2) is 38.3 Å². The maximum Gasteiger partial charge on any atom is 0.453 e. The lowest BCUT2D eigenvalue weighted by molar-refractivity contribution is -0.144. The molecule has 1 aromatic heterocycles. The molecule has 7 nitrogen and oxygen atoms in total. The van der Waals surface area contributed by atoms with E-state index >= 15 is 0 Å². The normalized spacial score (nSPS) is 25.5. The van der Waals surface area contributed by atoms with Crippen LogP contribution >= 0.6 is 12.4 Å². The summed E-state index contributed by atoms with van der Waals surface area (Å²) in [6.07, 6.45) is -4.76. The molecule has 1 heterocycles. The highest BCUT2D eigenvalue weighted by molar-refractivity contribution is 5.85. The minimum atomic E-state index is -4.62. The highest BCUT2D eigenvalue weighted by Gasteiger charge is 2.36. The Morgan fingerprint density at radius 2 is 2.14 bits per heavy atom. The lowest BCUT2D eigenvalue weighted by Crippen LogP contribution is -2.30. The van der Waals surface area contributed by atoms with E-state index in [2.05, 4.69) is 20.5 Å². The molecule has 1 aromatic rings. The van der Waals surface area contributed by atoms with Crippen LogP contribution in [0.15, 0.2) is 0 Å². The van der Waals surface area contributed by atoms with Crippen molar-refractivity contribution in [1.82, 2.24) is 20.5 Å². The Labute approximate surface area is 123 Å². The van der Waals surface area contributed by atoms with Crippen LogP contribution in [0.25, 0.3) is 0 Å². The predicted molar refractivity (Wildman–Crippen MR) is 67.2 cm³/mol. The van der Waals surface area contributed by atoms with E-state index in [0.29, 0.717) is 6.42 Å². The van der Waals surface area contributed by atoms with Gasteiger partial charge in [0.25, 0.3) is 5.82 Å². The second-order valence-corrected chi connectivity index (χ2v) is 4.72. The second-order valence-electron chi connectivity index (χ2n) is 4.72. The van der Waals surface area contributed by atoms with Crippen molar-refractivity contribution in [1.29, 1.82) is 0 Å². The van der Waals surface area contributed by atoms with E-state index in [0.717, 1.165) is 0 Å². The summed E-state index contributed by atoms with van der Waals surface area (Å²) in [6.45, 7) is -0.191. The van der Waals surface area contributed by atoms with E-state index in [9.17, 15) is 23.1 Å². The molecule has 1 aliphatic rings. The fraction of sp³-hybridized carbons (Fsp3) is 0.700. The standard InChI is InChI=1S/C10H14F3N5O2.ClH/c11-10(12,13)9-16-7(17-18-9)3-15-8(20)4-1-5(14)6(19)2-4;/h4-6,19H,1-3,14H2,(H,15,20)(H,16,17,18);1H/t4-,5-,6-;/m0./s1. The van der Waals surface area contributed by atoms with Crippen molar-refractivity contribution >= 4 is 18.3 Å². The summed E-state index contributed by atoms with van der Waals surface area (Å²) in [5, 5.41) is 17.0. The Morgan fingerprint density at radius 1 is 1.48 bits per heavy atom. The molecular formula is C10H15ClF3N5O2. The molecule has 0 bridgehead atoms. The lowest BCUT2D eigenvalue weighted by Gasteiger charge is -2.08. The van der Waals surface area contributed by atoms with E-state index in [1.807, 2.05) is 0 Å². The van der Waals surface area contributed by atoms with Crippen molar-refractivity contribution in [2.45, 2.75) is 37.7 Å². The quantitative estimate of drug-likeness (QED) is 0.621. The number of amides is 1. The first-order valence-electron chi connectivity index (χ1n) is 5.97. The number of aromatic nitrogens is 3. The first-order valence-corrected chi connectivity index (χ1v) is 5.97. The average Bonchev–Trinajstić information content (AvgIpc) is 2.94. The molecule has 0 aromatic carbocycles. The molecule has 120 valence electrons. The van der Waals surface area contributed by atoms with Gasteiger partial charge in [0.1, 0.15) is 5.82 Å². The molecule has 0 saturated heterocycles. The van der Waals surface area contributed by atoms with Crippen LogP contribution in [0, 0.1) is 5.92 Å². The fourth-order valence-corrected chi connectivity index (χ4v) is 2.08. The third-order valence-corrected chi connectivity index (χ3v) is 3.16. The van der Waals surface area contributed by atoms with Crippen LogP contribution in [-0.2, 0) is 17.5 Å². The van der Waals surface area contributed by atoms with Gasteiger partial charge in [0.05, 0.1) is 12.6 Å². The summed E-state index contributed by atoms with van der Waals surface area (Å²) < 4.78 is 36.8. The number of aliphatic hydroxyl groups is 1. The lowest BCUT2D eigenvalue weighted by atomic mass is 10.1. The zero-order valence-corrected chi connectivity index (χ0v) is 11.5. The summed E-state index contributed by atoms with van der Waals surface area (Å²) in [6, 6.07) is -0.451. The van der Waals surface area contributed by atoms with Gasteiger partial charge >= 0.3 is 6.18 Å².